The van der Waals surface area contributed by atoms with Crippen LogP contribution in [-0.2, 0) is 6.54 Å². The third-order valence-corrected chi connectivity index (χ3v) is 3.81. The summed E-state index contributed by atoms with van der Waals surface area (Å²) < 4.78 is 5.44. The van der Waals surface area contributed by atoms with E-state index in [0.29, 0.717) is 0 Å². The largest absolute Gasteiger partial charge is 0.494 e. The Morgan fingerprint density at radius 2 is 2.05 bits per heavy atom. The summed E-state index contributed by atoms with van der Waals surface area (Å²) in [6.07, 6.45) is 1.34. The second kappa shape index (κ2) is 7.51. The summed E-state index contributed by atoms with van der Waals surface area (Å²) in [5, 5.41) is 3.57. The Morgan fingerprint density at radius 1 is 1.26 bits per heavy atom. The SMILES string of the molecule is CCOc1ccc(CNCC2CCN(CC)C2)cc1. The molecule has 0 spiro atoms. The number of hydrogen-bond donors (Lipinski definition) is 1. The highest BCUT2D eigenvalue weighted by atomic mass is 16.5. The fourth-order valence-electron chi connectivity index (χ4n) is 2.66. The van der Waals surface area contributed by atoms with Crippen molar-refractivity contribution in [2.45, 2.75) is 26.8 Å². The highest BCUT2D eigenvalue weighted by Crippen LogP contribution is 2.15. The van der Waals surface area contributed by atoms with Crippen molar-refractivity contribution in [2.75, 3.05) is 32.8 Å². The van der Waals surface area contributed by atoms with Crippen LogP contribution >= 0.6 is 0 Å². The van der Waals surface area contributed by atoms with E-state index in [1.807, 2.05) is 6.92 Å². The number of ether oxygens (including phenoxy) is 1. The van der Waals surface area contributed by atoms with Crippen LogP contribution in [0.2, 0.25) is 0 Å². The fourth-order valence-corrected chi connectivity index (χ4v) is 2.66. The molecule has 1 unspecified atom stereocenters. The van der Waals surface area contributed by atoms with Crippen LogP contribution in [0.3, 0.4) is 0 Å². The Labute approximate surface area is 116 Å². The third kappa shape index (κ3) is 4.51. The van der Waals surface area contributed by atoms with E-state index in [-0.39, 0.29) is 0 Å². The molecule has 3 heteroatoms. The smallest absolute Gasteiger partial charge is 0.119 e. The Hall–Kier alpha value is -1.06. The van der Waals surface area contributed by atoms with Crippen LogP contribution in [0, 0.1) is 5.92 Å². The molecule has 1 saturated heterocycles. The predicted molar refractivity (Wildman–Crippen MR) is 79.5 cm³/mol. The highest BCUT2D eigenvalue weighted by molar-refractivity contribution is 5.27. The maximum Gasteiger partial charge on any atom is 0.119 e. The molecule has 2 rings (SSSR count). The second-order valence-electron chi connectivity index (χ2n) is 5.26. The van der Waals surface area contributed by atoms with E-state index in [9.17, 15) is 0 Å². The second-order valence-corrected chi connectivity index (χ2v) is 5.26. The fraction of sp³-hybridized carbons (Fsp3) is 0.625. The van der Waals surface area contributed by atoms with Gasteiger partial charge in [-0.15, -0.1) is 0 Å². The third-order valence-electron chi connectivity index (χ3n) is 3.81. The Morgan fingerprint density at radius 3 is 2.68 bits per heavy atom. The first-order chi connectivity index (χ1) is 9.31. The van der Waals surface area contributed by atoms with E-state index >= 15 is 0 Å². The van der Waals surface area contributed by atoms with Crippen molar-refractivity contribution in [3.63, 3.8) is 0 Å². The molecule has 1 fully saturated rings. The van der Waals surface area contributed by atoms with E-state index in [2.05, 4.69) is 41.4 Å². The van der Waals surface area contributed by atoms with Gasteiger partial charge in [-0.3, -0.25) is 0 Å². The zero-order chi connectivity index (χ0) is 13.5. The molecule has 1 aliphatic rings. The van der Waals surface area contributed by atoms with Gasteiger partial charge in [-0.2, -0.15) is 0 Å². The van der Waals surface area contributed by atoms with Crippen LogP contribution in [-0.4, -0.2) is 37.7 Å². The van der Waals surface area contributed by atoms with Gasteiger partial charge in [-0.25, -0.2) is 0 Å². The summed E-state index contributed by atoms with van der Waals surface area (Å²) in [5.74, 6) is 1.78. The lowest BCUT2D eigenvalue weighted by molar-refractivity contribution is 0.338. The normalized spacial score (nSPS) is 19.8. The number of benzene rings is 1. The molecule has 1 aromatic carbocycles. The minimum atomic E-state index is 0.729. The minimum Gasteiger partial charge on any atom is -0.494 e. The summed E-state index contributed by atoms with van der Waals surface area (Å²) in [6.45, 7) is 10.8. The maximum atomic E-state index is 5.44. The van der Waals surface area contributed by atoms with Gasteiger partial charge in [0.1, 0.15) is 5.75 Å². The molecule has 0 radical (unpaired) electrons. The Balaban J connectivity index is 1.68. The Kier molecular flexibility index (Phi) is 5.67. The van der Waals surface area contributed by atoms with E-state index in [4.69, 9.17) is 4.74 Å². The predicted octanol–water partition coefficient (Wildman–Crippen LogP) is 2.52. The maximum absolute atomic E-state index is 5.44. The van der Waals surface area contributed by atoms with Crippen molar-refractivity contribution >= 4 is 0 Å². The summed E-state index contributed by atoms with van der Waals surface area (Å²) in [5.41, 5.74) is 1.33. The summed E-state index contributed by atoms with van der Waals surface area (Å²) in [7, 11) is 0. The van der Waals surface area contributed by atoms with Crippen LogP contribution < -0.4 is 10.1 Å². The topological polar surface area (TPSA) is 24.5 Å². The van der Waals surface area contributed by atoms with Crippen molar-refractivity contribution in [3.8, 4) is 5.75 Å². The lowest BCUT2D eigenvalue weighted by Gasteiger charge is -2.14. The molecule has 0 aromatic heterocycles. The van der Waals surface area contributed by atoms with Gasteiger partial charge in [-0.1, -0.05) is 19.1 Å². The molecule has 1 atom stereocenters. The molecule has 1 heterocycles. The summed E-state index contributed by atoms with van der Waals surface area (Å²) in [6, 6.07) is 8.39. The molecule has 1 N–H and O–H groups in total. The van der Waals surface area contributed by atoms with E-state index < -0.39 is 0 Å². The molecule has 0 bridgehead atoms. The molecule has 0 saturated carbocycles. The highest BCUT2D eigenvalue weighted by Gasteiger charge is 2.20. The molecule has 3 nitrogen and oxygen atoms in total. The van der Waals surface area contributed by atoms with E-state index in [1.54, 1.807) is 0 Å². The van der Waals surface area contributed by atoms with Crippen molar-refractivity contribution in [1.29, 1.82) is 0 Å². The van der Waals surface area contributed by atoms with Gasteiger partial charge < -0.3 is 15.0 Å². The Bertz CT molecular complexity index is 364. The van der Waals surface area contributed by atoms with E-state index in [1.165, 1.54) is 31.6 Å². The van der Waals surface area contributed by atoms with Crippen LogP contribution in [0.4, 0.5) is 0 Å². The van der Waals surface area contributed by atoms with Crippen LogP contribution in [0.5, 0.6) is 5.75 Å². The van der Waals surface area contributed by atoms with Crippen molar-refractivity contribution in [2.24, 2.45) is 5.92 Å². The minimum absolute atomic E-state index is 0.729. The number of hydrogen-bond acceptors (Lipinski definition) is 3. The molecule has 0 aliphatic carbocycles. The van der Waals surface area contributed by atoms with Crippen LogP contribution in [0.15, 0.2) is 24.3 Å². The van der Waals surface area contributed by atoms with Crippen molar-refractivity contribution in [3.05, 3.63) is 29.8 Å². The number of likely N-dealkylation sites (tertiary alicyclic amines) is 1. The van der Waals surface area contributed by atoms with Gasteiger partial charge in [0, 0.05) is 13.1 Å². The quantitative estimate of drug-likeness (QED) is 0.817. The van der Waals surface area contributed by atoms with Gasteiger partial charge in [-0.05, 0) is 56.6 Å². The number of rotatable bonds is 7. The standard InChI is InChI=1S/C16H26N2O/c1-3-18-10-9-15(13-18)12-17-11-14-5-7-16(8-6-14)19-4-2/h5-8,15,17H,3-4,9-13H2,1-2H3. The van der Waals surface area contributed by atoms with Gasteiger partial charge in [0.15, 0.2) is 0 Å². The molecule has 106 valence electrons. The zero-order valence-electron chi connectivity index (χ0n) is 12.2. The first kappa shape index (κ1) is 14.4. The average molecular weight is 262 g/mol. The lowest BCUT2D eigenvalue weighted by Crippen LogP contribution is -2.26. The number of nitrogens with zero attached hydrogens (tertiary/aromatic N) is 1. The first-order valence-electron chi connectivity index (χ1n) is 7.46. The molecule has 1 aromatic rings. The molecular formula is C16H26N2O. The summed E-state index contributed by atoms with van der Waals surface area (Å²) >= 11 is 0. The number of nitrogens with one attached hydrogen (secondary N) is 1. The first-order valence-corrected chi connectivity index (χ1v) is 7.46. The molecular weight excluding hydrogens is 236 g/mol. The van der Waals surface area contributed by atoms with E-state index in [0.717, 1.165) is 31.4 Å². The van der Waals surface area contributed by atoms with Gasteiger partial charge in [0.2, 0.25) is 0 Å². The molecule has 19 heavy (non-hydrogen) atoms. The van der Waals surface area contributed by atoms with Gasteiger partial charge in [0.05, 0.1) is 6.61 Å². The average Bonchev–Trinajstić information content (AvgIpc) is 2.89. The van der Waals surface area contributed by atoms with Crippen molar-refractivity contribution < 1.29 is 4.74 Å². The summed E-state index contributed by atoms with van der Waals surface area (Å²) in [4.78, 5) is 2.53. The monoisotopic (exact) mass is 262 g/mol. The molecule has 0 amide bonds. The van der Waals surface area contributed by atoms with Crippen molar-refractivity contribution in [1.82, 2.24) is 10.2 Å². The van der Waals surface area contributed by atoms with Gasteiger partial charge >= 0.3 is 0 Å². The van der Waals surface area contributed by atoms with Crippen LogP contribution in [0.25, 0.3) is 0 Å². The van der Waals surface area contributed by atoms with Gasteiger partial charge in [0.25, 0.3) is 0 Å². The lowest BCUT2D eigenvalue weighted by atomic mass is 10.1. The van der Waals surface area contributed by atoms with Crippen LogP contribution in [0.1, 0.15) is 25.8 Å². The zero-order valence-corrected chi connectivity index (χ0v) is 12.2. The molecule has 1 aliphatic heterocycles.